The fourth-order valence-electron chi connectivity index (χ4n) is 2.62. The monoisotopic (exact) mass is 387 g/mol. The van der Waals surface area contributed by atoms with Gasteiger partial charge in [-0.3, -0.25) is 9.36 Å². The lowest BCUT2D eigenvalue weighted by Gasteiger charge is -2.27. The molecule has 142 valence electrons. The third-order valence-corrected chi connectivity index (χ3v) is 5.75. The highest BCUT2D eigenvalue weighted by Crippen LogP contribution is 2.41. The fraction of sp³-hybridized carbons (Fsp3) is 0.474. The first-order valence-corrected chi connectivity index (χ1v) is 9.89. The van der Waals surface area contributed by atoms with Gasteiger partial charge in [0.25, 0.3) is 0 Å². The van der Waals surface area contributed by atoms with Gasteiger partial charge in [0.05, 0.1) is 17.4 Å². The number of hydrogen-bond acceptors (Lipinski definition) is 5. The van der Waals surface area contributed by atoms with Crippen LogP contribution in [0.15, 0.2) is 29.4 Å². The molecule has 6 nitrogen and oxygen atoms in total. The first kappa shape index (κ1) is 19.4. The van der Waals surface area contributed by atoms with E-state index in [1.165, 1.54) is 17.8 Å². The number of thioether (sulfide) groups is 1. The van der Waals surface area contributed by atoms with Gasteiger partial charge in [0.2, 0.25) is 5.91 Å². The lowest BCUT2D eigenvalue weighted by molar-refractivity contribution is -0.120. The number of amides is 1. The predicted molar refractivity (Wildman–Crippen MR) is 101 cm³/mol. The minimum absolute atomic E-state index is 0.0146. The van der Waals surface area contributed by atoms with Crippen LogP contribution in [0.25, 0.3) is 11.4 Å². The predicted octanol–water partition coefficient (Wildman–Crippen LogP) is 3.57. The van der Waals surface area contributed by atoms with E-state index in [9.17, 15) is 14.4 Å². The molecule has 0 radical (unpaired) electrons. The van der Waals surface area contributed by atoms with Gasteiger partial charge in [-0.15, -0.1) is 10.2 Å². The van der Waals surface area contributed by atoms with Crippen LogP contribution in [0.2, 0.25) is 0 Å². The van der Waals surface area contributed by atoms with E-state index in [2.05, 4.69) is 21.6 Å². The second kappa shape index (κ2) is 7.69. The summed E-state index contributed by atoms with van der Waals surface area (Å²) in [5.74, 6) is 0.00619. The van der Waals surface area contributed by atoms with Crippen LogP contribution in [0, 0.1) is 23.1 Å². The number of carbonyl (C=O) groups is 1. The lowest BCUT2D eigenvalue weighted by atomic mass is 9.90. The van der Waals surface area contributed by atoms with E-state index < -0.39 is 5.54 Å². The van der Waals surface area contributed by atoms with Crippen molar-refractivity contribution < 1.29 is 9.18 Å². The van der Waals surface area contributed by atoms with E-state index in [0.717, 1.165) is 12.8 Å². The zero-order valence-electron chi connectivity index (χ0n) is 15.6. The molecule has 1 N–H and O–H groups in total. The quantitative estimate of drug-likeness (QED) is 0.735. The van der Waals surface area contributed by atoms with Gasteiger partial charge in [0.15, 0.2) is 11.0 Å². The second-order valence-electron chi connectivity index (χ2n) is 7.19. The van der Waals surface area contributed by atoms with Crippen LogP contribution in [0.4, 0.5) is 4.39 Å². The molecule has 8 heteroatoms. The van der Waals surface area contributed by atoms with Gasteiger partial charge in [-0.25, -0.2) is 4.39 Å². The van der Waals surface area contributed by atoms with Crippen LogP contribution in [-0.2, 0) is 4.79 Å². The van der Waals surface area contributed by atoms with Crippen LogP contribution in [0.1, 0.15) is 39.7 Å². The van der Waals surface area contributed by atoms with E-state index in [1.807, 2.05) is 18.4 Å². The highest BCUT2D eigenvalue weighted by Gasteiger charge is 2.32. The molecule has 1 atom stereocenters. The Morgan fingerprint density at radius 1 is 1.44 bits per heavy atom. The number of nitriles is 1. The Labute approximate surface area is 162 Å². The van der Waals surface area contributed by atoms with Gasteiger partial charge in [-0.05, 0) is 37.8 Å². The minimum atomic E-state index is -0.917. The number of halogens is 1. The summed E-state index contributed by atoms with van der Waals surface area (Å²) in [6.45, 7) is 5.49. The molecule has 0 spiro atoms. The van der Waals surface area contributed by atoms with Crippen molar-refractivity contribution >= 4 is 17.7 Å². The molecule has 1 fully saturated rings. The van der Waals surface area contributed by atoms with Crippen LogP contribution in [0.3, 0.4) is 0 Å². The molecular weight excluding hydrogens is 365 g/mol. The van der Waals surface area contributed by atoms with Crippen LogP contribution in [-0.4, -0.2) is 32.0 Å². The summed E-state index contributed by atoms with van der Waals surface area (Å²) in [7, 11) is 0. The molecule has 1 aromatic heterocycles. The van der Waals surface area contributed by atoms with Crippen molar-refractivity contribution in [1.29, 1.82) is 5.26 Å². The van der Waals surface area contributed by atoms with Crippen LogP contribution < -0.4 is 5.32 Å². The Balaban J connectivity index is 1.76. The first-order chi connectivity index (χ1) is 12.9. The number of hydrogen-bond donors (Lipinski definition) is 1. The van der Waals surface area contributed by atoms with Crippen molar-refractivity contribution in [2.24, 2.45) is 5.92 Å². The summed E-state index contributed by atoms with van der Waals surface area (Å²) >= 11 is 1.25. The molecule has 0 bridgehead atoms. The van der Waals surface area contributed by atoms with Gasteiger partial charge in [-0.1, -0.05) is 37.7 Å². The number of aromatic nitrogens is 3. The standard InChI is InChI=1S/C19H22FN5OS/c1-12(2)19(3,11-21)22-16(26)10-27-18-24-23-17(25(18)13-8-9-13)14-6-4-5-7-15(14)20/h4-7,12-13H,8-10H2,1-3H3,(H,22,26)/t19-/m1/s1. The lowest BCUT2D eigenvalue weighted by Crippen LogP contribution is -2.49. The molecule has 1 aliphatic rings. The van der Waals surface area contributed by atoms with Crippen molar-refractivity contribution in [3.8, 4) is 17.5 Å². The van der Waals surface area contributed by atoms with Crippen molar-refractivity contribution in [3.05, 3.63) is 30.1 Å². The third kappa shape index (κ3) is 4.14. The number of nitrogens with one attached hydrogen (secondary N) is 1. The minimum Gasteiger partial charge on any atom is -0.337 e. The van der Waals surface area contributed by atoms with Crippen molar-refractivity contribution in [2.45, 2.75) is 50.4 Å². The van der Waals surface area contributed by atoms with E-state index >= 15 is 0 Å². The third-order valence-electron chi connectivity index (χ3n) is 4.81. The Morgan fingerprint density at radius 2 is 2.15 bits per heavy atom. The van der Waals surface area contributed by atoms with Crippen molar-refractivity contribution in [3.63, 3.8) is 0 Å². The molecule has 1 aliphatic carbocycles. The summed E-state index contributed by atoms with van der Waals surface area (Å²) in [4.78, 5) is 12.3. The molecule has 0 aliphatic heterocycles. The van der Waals surface area contributed by atoms with Gasteiger partial charge < -0.3 is 5.32 Å². The topological polar surface area (TPSA) is 83.6 Å². The highest BCUT2D eigenvalue weighted by atomic mass is 32.2. The van der Waals surface area contributed by atoms with Crippen molar-refractivity contribution in [2.75, 3.05) is 5.75 Å². The SMILES string of the molecule is CC(C)[C@@](C)(C#N)NC(=O)CSc1nnc(-c2ccccc2F)n1C1CC1. The van der Waals surface area contributed by atoms with Crippen LogP contribution >= 0.6 is 11.8 Å². The van der Waals surface area contributed by atoms with Gasteiger partial charge in [0, 0.05) is 6.04 Å². The van der Waals surface area contributed by atoms with E-state index in [0.29, 0.717) is 16.5 Å². The van der Waals surface area contributed by atoms with Gasteiger partial charge in [-0.2, -0.15) is 5.26 Å². The molecular formula is C19H22FN5OS. The Morgan fingerprint density at radius 3 is 2.74 bits per heavy atom. The highest BCUT2D eigenvalue weighted by molar-refractivity contribution is 7.99. The molecule has 1 heterocycles. The van der Waals surface area contributed by atoms with Gasteiger partial charge >= 0.3 is 0 Å². The maximum absolute atomic E-state index is 14.2. The molecule has 1 amide bonds. The van der Waals surface area contributed by atoms with E-state index in [4.69, 9.17) is 0 Å². The first-order valence-electron chi connectivity index (χ1n) is 8.90. The molecule has 0 saturated heterocycles. The van der Waals surface area contributed by atoms with Gasteiger partial charge in [0.1, 0.15) is 11.4 Å². The number of nitrogens with zero attached hydrogens (tertiary/aromatic N) is 4. The molecule has 0 unspecified atom stereocenters. The fourth-order valence-corrected chi connectivity index (χ4v) is 3.43. The Hall–Kier alpha value is -2.40. The average molecular weight is 387 g/mol. The maximum Gasteiger partial charge on any atom is 0.231 e. The number of rotatable bonds is 7. The molecule has 3 rings (SSSR count). The number of benzene rings is 1. The van der Waals surface area contributed by atoms with Crippen LogP contribution in [0.5, 0.6) is 0 Å². The maximum atomic E-state index is 14.2. The van der Waals surface area contributed by atoms with E-state index in [-0.39, 0.29) is 29.4 Å². The van der Waals surface area contributed by atoms with Crippen molar-refractivity contribution in [1.82, 2.24) is 20.1 Å². The smallest absolute Gasteiger partial charge is 0.231 e. The molecule has 2 aromatic rings. The Bertz CT molecular complexity index is 886. The second-order valence-corrected chi connectivity index (χ2v) is 8.14. The largest absolute Gasteiger partial charge is 0.337 e. The molecule has 27 heavy (non-hydrogen) atoms. The zero-order valence-corrected chi connectivity index (χ0v) is 16.4. The summed E-state index contributed by atoms with van der Waals surface area (Å²) < 4.78 is 16.1. The van der Waals surface area contributed by atoms with E-state index in [1.54, 1.807) is 25.1 Å². The average Bonchev–Trinajstić information content (AvgIpc) is 3.39. The molecule has 1 saturated carbocycles. The summed E-state index contributed by atoms with van der Waals surface area (Å²) in [6.07, 6.45) is 1.97. The summed E-state index contributed by atoms with van der Waals surface area (Å²) in [5, 5.41) is 21.1. The zero-order chi connectivity index (χ0) is 19.6. The summed E-state index contributed by atoms with van der Waals surface area (Å²) in [6, 6.07) is 8.88. The number of carbonyl (C=O) groups excluding carboxylic acids is 1. The Kier molecular flexibility index (Phi) is 5.51. The molecule has 1 aromatic carbocycles. The normalized spacial score (nSPS) is 16.0. The summed E-state index contributed by atoms with van der Waals surface area (Å²) in [5.41, 5.74) is -0.509.